The van der Waals surface area contributed by atoms with Crippen LogP contribution in [0.25, 0.3) is 5.57 Å². The third-order valence-corrected chi connectivity index (χ3v) is 6.02. The van der Waals surface area contributed by atoms with Crippen LogP contribution >= 0.6 is 11.6 Å². The molecule has 3 aromatic carbocycles. The molecule has 0 bridgehead atoms. The van der Waals surface area contributed by atoms with Crippen molar-refractivity contribution in [3.05, 3.63) is 98.7 Å². The molecule has 1 N–H and O–H groups in total. The molecule has 1 heterocycles. The van der Waals surface area contributed by atoms with Crippen LogP contribution in [0.3, 0.4) is 0 Å². The zero-order valence-electron chi connectivity index (χ0n) is 18.8. The maximum Gasteiger partial charge on any atom is 0.282 e. The van der Waals surface area contributed by atoms with Gasteiger partial charge in [-0.2, -0.15) is 0 Å². The Kier molecular flexibility index (Phi) is 5.66. The maximum absolute atomic E-state index is 13.7. The summed E-state index contributed by atoms with van der Waals surface area (Å²) >= 11 is 6.21. The van der Waals surface area contributed by atoms with E-state index in [1.807, 2.05) is 77.1 Å². The monoisotopic (exact) mass is 444 g/mol. The van der Waals surface area contributed by atoms with Crippen molar-refractivity contribution >= 4 is 40.4 Å². The quantitative estimate of drug-likeness (QED) is 0.482. The summed E-state index contributed by atoms with van der Waals surface area (Å²) in [4.78, 5) is 28.6. The van der Waals surface area contributed by atoms with Gasteiger partial charge in [-0.15, -0.1) is 0 Å². The first-order valence-corrected chi connectivity index (χ1v) is 10.9. The van der Waals surface area contributed by atoms with Gasteiger partial charge in [0.2, 0.25) is 0 Å². The zero-order valence-corrected chi connectivity index (χ0v) is 19.6. The Morgan fingerprint density at radius 2 is 1.38 bits per heavy atom. The number of nitrogens with zero attached hydrogens (tertiary/aromatic N) is 1. The van der Waals surface area contributed by atoms with Gasteiger partial charge in [0.1, 0.15) is 5.70 Å². The Balaban J connectivity index is 1.90. The lowest BCUT2D eigenvalue weighted by Gasteiger charge is -2.18. The van der Waals surface area contributed by atoms with Crippen LogP contribution in [0.4, 0.5) is 11.4 Å². The van der Waals surface area contributed by atoms with Crippen LogP contribution in [0.2, 0.25) is 5.02 Å². The minimum atomic E-state index is -0.393. The zero-order chi connectivity index (χ0) is 23.2. The van der Waals surface area contributed by atoms with Crippen molar-refractivity contribution in [3.8, 4) is 0 Å². The molecule has 3 aromatic rings. The Morgan fingerprint density at radius 3 is 2.03 bits per heavy atom. The number of amides is 2. The molecule has 1 aliphatic rings. The van der Waals surface area contributed by atoms with Crippen molar-refractivity contribution in [1.29, 1.82) is 0 Å². The molecule has 0 spiro atoms. The highest BCUT2D eigenvalue weighted by Crippen LogP contribution is 2.37. The molecule has 4 nitrogen and oxygen atoms in total. The molecule has 32 heavy (non-hydrogen) atoms. The molecule has 0 saturated heterocycles. The Labute approximate surface area is 193 Å². The summed E-state index contributed by atoms with van der Waals surface area (Å²) < 4.78 is 0. The molecule has 0 radical (unpaired) electrons. The third kappa shape index (κ3) is 3.82. The summed E-state index contributed by atoms with van der Waals surface area (Å²) in [5.41, 5.74) is 7.61. The van der Waals surface area contributed by atoms with E-state index in [1.165, 1.54) is 4.90 Å². The maximum atomic E-state index is 13.7. The number of nitrogens with one attached hydrogen (secondary N) is 1. The number of carbonyl (C=O) groups excluding carboxylic acids is 2. The molecular weight excluding hydrogens is 420 g/mol. The lowest BCUT2D eigenvalue weighted by Crippen LogP contribution is -2.33. The van der Waals surface area contributed by atoms with Crippen LogP contribution in [0.5, 0.6) is 0 Å². The number of hydrogen-bond acceptors (Lipinski definition) is 3. The van der Waals surface area contributed by atoms with Crippen molar-refractivity contribution < 1.29 is 9.59 Å². The van der Waals surface area contributed by atoms with E-state index in [1.54, 1.807) is 12.1 Å². The molecule has 1 aliphatic heterocycles. The molecule has 4 rings (SSSR count). The van der Waals surface area contributed by atoms with Gasteiger partial charge in [0.15, 0.2) is 0 Å². The lowest BCUT2D eigenvalue weighted by atomic mass is 9.97. The predicted molar refractivity (Wildman–Crippen MR) is 131 cm³/mol. The van der Waals surface area contributed by atoms with Crippen molar-refractivity contribution in [1.82, 2.24) is 0 Å². The molecule has 0 aliphatic carbocycles. The minimum absolute atomic E-state index is 0.272. The van der Waals surface area contributed by atoms with Gasteiger partial charge in [-0.1, -0.05) is 59.1 Å². The topological polar surface area (TPSA) is 49.4 Å². The van der Waals surface area contributed by atoms with Gasteiger partial charge in [0.25, 0.3) is 11.8 Å². The van der Waals surface area contributed by atoms with Crippen molar-refractivity contribution in [2.45, 2.75) is 34.6 Å². The SMILES string of the molecule is Cc1ccc(NC2=C(c3ccc(C)cc3C)C(=O)N(c3cc(Cl)ccc3C)C2=O)c(C)c1. The van der Waals surface area contributed by atoms with Gasteiger partial charge in [0, 0.05) is 10.7 Å². The molecule has 2 amide bonds. The third-order valence-electron chi connectivity index (χ3n) is 5.79. The average Bonchev–Trinajstić information content (AvgIpc) is 2.96. The van der Waals surface area contributed by atoms with Gasteiger partial charge in [-0.05, 0) is 75.1 Å². The van der Waals surface area contributed by atoms with Crippen LogP contribution in [0.15, 0.2) is 60.3 Å². The lowest BCUT2D eigenvalue weighted by molar-refractivity contribution is -0.120. The Hall–Kier alpha value is -3.37. The minimum Gasteiger partial charge on any atom is -0.350 e. The molecule has 0 aromatic heterocycles. The van der Waals surface area contributed by atoms with Crippen LogP contribution < -0.4 is 10.2 Å². The highest BCUT2D eigenvalue weighted by atomic mass is 35.5. The first-order chi connectivity index (χ1) is 15.2. The standard InChI is InChI=1S/C27H25ClN2O2/c1-15-6-10-21(18(4)12-15)24-25(29-22-11-7-16(2)13-19(22)5)27(32)30(26(24)31)23-14-20(28)9-8-17(23)3/h6-14,29H,1-5H3. The summed E-state index contributed by atoms with van der Waals surface area (Å²) in [6.45, 7) is 9.81. The van der Waals surface area contributed by atoms with Gasteiger partial charge in [0.05, 0.1) is 11.3 Å². The average molecular weight is 445 g/mol. The van der Waals surface area contributed by atoms with Crippen LogP contribution in [0.1, 0.15) is 33.4 Å². The van der Waals surface area contributed by atoms with E-state index >= 15 is 0 Å². The van der Waals surface area contributed by atoms with E-state index in [9.17, 15) is 9.59 Å². The number of benzene rings is 3. The fourth-order valence-corrected chi connectivity index (χ4v) is 4.29. The molecule has 0 atom stereocenters. The van der Waals surface area contributed by atoms with Gasteiger partial charge >= 0.3 is 0 Å². The molecule has 0 saturated carbocycles. The highest BCUT2D eigenvalue weighted by Gasteiger charge is 2.41. The number of carbonyl (C=O) groups is 2. The van der Waals surface area contributed by atoms with Gasteiger partial charge < -0.3 is 5.32 Å². The summed E-state index contributed by atoms with van der Waals surface area (Å²) in [5.74, 6) is -0.755. The molecule has 162 valence electrons. The number of imide groups is 1. The number of aryl methyl sites for hydroxylation is 5. The van der Waals surface area contributed by atoms with E-state index < -0.39 is 5.91 Å². The Morgan fingerprint density at radius 1 is 0.719 bits per heavy atom. The highest BCUT2D eigenvalue weighted by molar-refractivity contribution is 6.46. The van der Waals surface area contributed by atoms with Crippen LogP contribution in [0, 0.1) is 34.6 Å². The first-order valence-electron chi connectivity index (χ1n) is 10.5. The van der Waals surface area contributed by atoms with E-state index in [0.29, 0.717) is 16.3 Å². The van der Waals surface area contributed by atoms with Crippen molar-refractivity contribution in [3.63, 3.8) is 0 Å². The van der Waals surface area contributed by atoms with E-state index in [2.05, 4.69) is 5.32 Å². The van der Waals surface area contributed by atoms with E-state index in [-0.39, 0.29) is 11.6 Å². The second-order valence-corrected chi connectivity index (χ2v) is 8.82. The second-order valence-electron chi connectivity index (χ2n) is 8.39. The first kappa shape index (κ1) is 21.8. The van der Waals surface area contributed by atoms with Crippen molar-refractivity contribution in [2.75, 3.05) is 10.2 Å². The number of hydrogen-bond donors (Lipinski definition) is 1. The molecule has 0 unspecified atom stereocenters. The summed E-state index contributed by atoms with van der Waals surface area (Å²) in [7, 11) is 0. The molecule has 0 fully saturated rings. The summed E-state index contributed by atoms with van der Waals surface area (Å²) in [6.07, 6.45) is 0. The summed E-state index contributed by atoms with van der Waals surface area (Å²) in [5, 5.41) is 3.74. The second kappa shape index (κ2) is 8.29. The van der Waals surface area contributed by atoms with Crippen LogP contribution in [-0.2, 0) is 9.59 Å². The summed E-state index contributed by atoms with van der Waals surface area (Å²) in [6, 6.07) is 17.0. The molecular formula is C27H25ClN2O2. The predicted octanol–water partition coefficient (Wildman–Crippen LogP) is 6.28. The Bertz CT molecular complexity index is 1310. The normalized spacial score (nSPS) is 13.9. The fourth-order valence-electron chi connectivity index (χ4n) is 4.12. The van der Waals surface area contributed by atoms with Crippen molar-refractivity contribution in [2.24, 2.45) is 0 Å². The number of anilines is 2. The number of rotatable bonds is 4. The van der Waals surface area contributed by atoms with E-state index in [0.717, 1.165) is 39.1 Å². The number of halogens is 1. The fraction of sp³-hybridized carbons (Fsp3) is 0.185. The van der Waals surface area contributed by atoms with Gasteiger partial charge in [-0.25, -0.2) is 4.90 Å². The van der Waals surface area contributed by atoms with E-state index in [4.69, 9.17) is 11.6 Å². The van der Waals surface area contributed by atoms with Gasteiger partial charge in [-0.3, -0.25) is 9.59 Å². The van der Waals surface area contributed by atoms with Crippen LogP contribution in [-0.4, -0.2) is 11.8 Å². The largest absolute Gasteiger partial charge is 0.350 e. The molecule has 5 heteroatoms. The smallest absolute Gasteiger partial charge is 0.282 e.